The second-order valence-electron chi connectivity index (χ2n) is 10.8. The maximum Gasteiger partial charge on any atom is 0.227 e. The first kappa shape index (κ1) is 20.5. The molecule has 3 heterocycles. The average molecular weight is 509 g/mol. The zero-order valence-corrected chi connectivity index (χ0v) is 21.3. The van der Waals surface area contributed by atoms with Gasteiger partial charge in [-0.2, -0.15) is 0 Å². The molecule has 0 bridgehead atoms. The molecular formula is C37H20N2O. The fourth-order valence-electron chi connectivity index (χ4n) is 7.04. The number of aromatic nitrogens is 2. The Labute approximate surface area is 228 Å². The molecule has 0 aliphatic heterocycles. The van der Waals surface area contributed by atoms with Crippen molar-refractivity contribution in [1.82, 2.24) is 9.55 Å². The van der Waals surface area contributed by atoms with Crippen LogP contribution in [0.5, 0.6) is 0 Å². The van der Waals surface area contributed by atoms with Gasteiger partial charge in [-0.25, -0.2) is 4.98 Å². The van der Waals surface area contributed by atoms with Crippen LogP contribution in [0.2, 0.25) is 0 Å². The van der Waals surface area contributed by atoms with Crippen molar-refractivity contribution in [2.45, 2.75) is 0 Å². The summed E-state index contributed by atoms with van der Waals surface area (Å²) in [5.74, 6) is 0. The largest absolute Gasteiger partial charge is 0.438 e. The summed E-state index contributed by atoms with van der Waals surface area (Å²) in [6.45, 7) is 0. The Kier molecular flexibility index (Phi) is 3.68. The summed E-state index contributed by atoms with van der Waals surface area (Å²) >= 11 is 0. The highest BCUT2D eigenvalue weighted by Crippen LogP contribution is 2.49. The summed E-state index contributed by atoms with van der Waals surface area (Å²) in [4.78, 5) is 4.82. The van der Waals surface area contributed by atoms with Gasteiger partial charge in [0.05, 0.1) is 16.6 Å². The van der Waals surface area contributed by atoms with Crippen molar-refractivity contribution in [2.75, 3.05) is 0 Å². The molecular weight excluding hydrogens is 488 g/mol. The Hall–Kier alpha value is -5.41. The van der Waals surface area contributed by atoms with Crippen LogP contribution < -0.4 is 0 Å². The van der Waals surface area contributed by atoms with Gasteiger partial charge in [-0.15, -0.1) is 0 Å². The van der Waals surface area contributed by atoms with Crippen LogP contribution in [-0.4, -0.2) is 9.55 Å². The molecule has 0 N–H and O–H groups in total. The van der Waals surface area contributed by atoms with E-state index < -0.39 is 0 Å². The van der Waals surface area contributed by atoms with Gasteiger partial charge < -0.3 is 8.98 Å². The molecule has 9 aromatic rings. The molecule has 40 heavy (non-hydrogen) atoms. The van der Waals surface area contributed by atoms with E-state index in [-0.39, 0.29) is 0 Å². The fourth-order valence-corrected chi connectivity index (χ4v) is 7.04. The molecule has 6 aromatic carbocycles. The smallest absolute Gasteiger partial charge is 0.227 e. The van der Waals surface area contributed by atoms with Crippen LogP contribution in [0.3, 0.4) is 0 Å². The van der Waals surface area contributed by atoms with E-state index in [4.69, 9.17) is 9.40 Å². The highest BCUT2D eigenvalue weighted by molar-refractivity contribution is 6.30. The van der Waals surface area contributed by atoms with Crippen LogP contribution in [0.15, 0.2) is 126 Å². The number of para-hydroxylation sites is 1. The van der Waals surface area contributed by atoms with Gasteiger partial charge in [-0.05, 0) is 75.5 Å². The van der Waals surface area contributed by atoms with Crippen molar-refractivity contribution < 1.29 is 4.42 Å². The second-order valence-corrected chi connectivity index (χ2v) is 10.8. The Balaban J connectivity index is 1.37. The molecule has 0 amide bonds. The Morgan fingerprint density at radius 1 is 0.500 bits per heavy atom. The summed E-state index contributed by atoms with van der Waals surface area (Å²) in [7, 11) is 0. The predicted molar refractivity (Wildman–Crippen MR) is 165 cm³/mol. The van der Waals surface area contributed by atoms with E-state index in [1.165, 1.54) is 54.8 Å². The normalized spacial score (nSPS) is 12.5. The first-order valence-corrected chi connectivity index (χ1v) is 13.6. The Morgan fingerprint density at radius 3 is 2.12 bits per heavy atom. The first-order chi connectivity index (χ1) is 19.8. The molecule has 3 heteroatoms. The standard InChI is InChI=1S/C37H20N2O/c1-4-13-30-22(7-1)19-29-28-20-23(16-18-33(28)40-37(29)38-30)39-31-14-6-12-27-25-10-3-2-9-24(25)26-11-5-8-21-15-17-32(39)36(34(21)26)35(27)31/h1-20H. The van der Waals surface area contributed by atoms with Gasteiger partial charge in [0.25, 0.3) is 0 Å². The zero-order valence-electron chi connectivity index (χ0n) is 21.3. The molecule has 3 aromatic heterocycles. The van der Waals surface area contributed by atoms with Crippen LogP contribution in [0.25, 0.3) is 93.5 Å². The predicted octanol–water partition coefficient (Wildman–Crippen LogP) is 10.0. The third-order valence-corrected chi connectivity index (χ3v) is 8.71. The molecule has 184 valence electrons. The van der Waals surface area contributed by atoms with Crippen LogP contribution in [0.4, 0.5) is 0 Å². The number of furan rings is 1. The van der Waals surface area contributed by atoms with Crippen LogP contribution >= 0.6 is 0 Å². The van der Waals surface area contributed by atoms with Crippen molar-refractivity contribution in [1.29, 1.82) is 0 Å². The van der Waals surface area contributed by atoms with Crippen LogP contribution in [0.1, 0.15) is 0 Å². The Morgan fingerprint density at radius 2 is 1.23 bits per heavy atom. The van der Waals surface area contributed by atoms with E-state index >= 15 is 0 Å². The van der Waals surface area contributed by atoms with Crippen molar-refractivity contribution in [3.63, 3.8) is 0 Å². The monoisotopic (exact) mass is 508 g/mol. The highest BCUT2D eigenvalue weighted by atomic mass is 16.3. The second kappa shape index (κ2) is 7.16. The van der Waals surface area contributed by atoms with Crippen LogP contribution in [0, 0.1) is 0 Å². The average Bonchev–Trinajstić information content (AvgIpc) is 3.50. The van der Waals surface area contributed by atoms with Crippen molar-refractivity contribution in [3.05, 3.63) is 121 Å². The fraction of sp³-hybridized carbons (Fsp3) is 0. The Bertz CT molecular complexity index is 2550. The summed E-state index contributed by atoms with van der Waals surface area (Å²) in [5, 5.41) is 8.46. The van der Waals surface area contributed by atoms with Gasteiger partial charge in [0.1, 0.15) is 5.58 Å². The first-order valence-electron chi connectivity index (χ1n) is 13.6. The number of rotatable bonds is 1. The van der Waals surface area contributed by atoms with E-state index in [0.29, 0.717) is 5.71 Å². The van der Waals surface area contributed by atoms with Crippen molar-refractivity contribution >= 4 is 65.6 Å². The molecule has 3 nitrogen and oxygen atoms in total. The number of hydrogen-bond donors (Lipinski definition) is 0. The minimum Gasteiger partial charge on any atom is -0.438 e. The quantitative estimate of drug-likeness (QED) is 0.221. The van der Waals surface area contributed by atoms with Crippen molar-refractivity contribution in [2.24, 2.45) is 0 Å². The molecule has 1 aliphatic rings. The van der Waals surface area contributed by atoms with E-state index in [1.54, 1.807) is 0 Å². The van der Waals surface area contributed by atoms with Gasteiger partial charge in [0, 0.05) is 32.6 Å². The maximum atomic E-state index is 6.23. The van der Waals surface area contributed by atoms with E-state index in [2.05, 4.69) is 114 Å². The van der Waals surface area contributed by atoms with Crippen LogP contribution in [-0.2, 0) is 0 Å². The van der Waals surface area contributed by atoms with Gasteiger partial charge in [-0.1, -0.05) is 78.9 Å². The third kappa shape index (κ3) is 2.48. The minimum atomic E-state index is 0.678. The topological polar surface area (TPSA) is 31.0 Å². The molecule has 10 rings (SSSR count). The lowest BCUT2D eigenvalue weighted by Crippen LogP contribution is -1.94. The minimum absolute atomic E-state index is 0.678. The molecule has 0 spiro atoms. The summed E-state index contributed by atoms with van der Waals surface area (Å²) in [6, 6.07) is 43.7. The number of benzene rings is 6. The number of hydrogen-bond acceptors (Lipinski definition) is 2. The highest BCUT2D eigenvalue weighted by Gasteiger charge is 2.24. The molecule has 0 saturated heterocycles. The van der Waals surface area contributed by atoms with E-state index in [0.717, 1.165) is 32.9 Å². The van der Waals surface area contributed by atoms with Crippen molar-refractivity contribution in [3.8, 4) is 27.9 Å². The molecule has 0 atom stereocenters. The van der Waals surface area contributed by atoms with E-state index in [1.807, 2.05) is 12.1 Å². The summed E-state index contributed by atoms with van der Waals surface area (Å²) in [6.07, 6.45) is 0. The third-order valence-electron chi connectivity index (χ3n) is 8.71. The molecule has 0 fully saturated rings. The lowest BCUT2D eigenvalue weighted by Gasteiger charge is -2.13. The molecule has 0 radical (unpaired) electrons. The summed E-state index contributed by atoms with van der Waals surface area (Å²) < 4.78 is 8.65. The number of fused-ring (bicyclic) bond motifs is 7. The van der Waals surface area contributed by atoms with Gasteiger partial charge >= 0.3 is 0 Å². The zero-order chi connectivity index (χ0) is 25.9. The lowest BCUT2D eigenvalue weighted by atomic mass is 9.93. The lowest BCUT2D eigenvalue weighted by molar-refractivity contribution is 0.656. The van der Waals surface area contributed by atoms with Gasteiger partial charge in [0.15, 0.2) is 0 Å². The summed E-state index contributed by atoms with van der Waals surface area (Å²) in [5.41, 5.74) is 11.2. The molecule has 0 saturated carbocycles. The maximum absolute atomic E-state index is 6.23. The SMILES string of the molecule is c1ccc2c(c1)-c1cccc3ccc4c(c13)c1c-2cccc1n4-c1ccc2oc3nc4ccccc4cc3c2c1. The molecule has 1 aliphatic carbocycles. The van der Waals surface area contributed by atoms with Gasteiger partial charge in [-0.3, -0.25) is 0 Å². The molecule has 0 unspecified atom stereocenters. The van der Waals surface area contributed by atoms with E-state index in [9.17, 15) is 0 Å². The number of nitrogens with zero attached hydrogens (tertiary/aromatic N) is 2. The van der Waals surface area contributed by atoms with Gasteiger partial charge in [0.2, 0.25) is 5.71 Å². The number of pyridine rings is 1.